The van der Waals surface area contributed by atoms with Crippen LogP contribution in [0.5, 0.6) is 0 Å². The number of carbonyl (C=O) groups is 1. The quantitative estimate of drug-likeness (QED) is 0.422. The van der Waals surface area contributed by atoms with Gasteiger partial charge in [0.25, 0.3) is 5.91 Å². The van der Waals surface area contributed by atoms with Crippen LogP contribution >= 0.6 is 0 Å². The number of amides is 1. The third-order valence-corrected chi connectivity index (χ3v) is 3.22. The summed E-state index contributed by atoms with van der Waals surface area (Å²) in [5.41, 5.74) is 2.12. The summed E-state index contributed by atoms with van der Waals surface area (Å²) < 4.78 is 5.68. The summed E-state index contributed by atoms with van der Waals surface area (Å²) in [7, 11) is 0. The summed E-state index contributed by atoms with van der Waals surface area (Å²) in [6, 6.07) is 0. The summed E-state index contributed by atoms with van der Waals surface area (Å²) in [5.74, 6) is 5.57. The average molecular weight is 214 g/mol. The smallest absolute Gasteiger partial charge is 0.262 e. The van der Waals surface area contributed by atoms with Gasteiger partial charge in [0.05, 0.1) is 6.10 Å². The van der Waals surface area contributed by atoms with Gasteiger partial charge >= 0.3 is 0 Å². The molecule has 0 aromatic heterocycles. The second-order valence-electron chi connectivity index (χ2n) is 4.35. The third-order valence-electron chi connectivity index (χ3n) is 3.22. The molecule has 0 saturated heterocycles. The highest BCUT2D eigenvalue weighted by atomic mass is 16.5. The van der Waals surface area contributed by atoms with Crippen molar-refractivity contribution in [3.8, 4) is 0 Å². The second-order valence-corrected chi connectivity index (χ2v) is 4.35. The van der Waals surface area contributed by atoms with Gasteiger partial charge in [0.2, 0.25) is 0 Å². The Morgan fingerprint density at radius 2 is 2.33 bits per heavy atom. The van der Waals surface area contributed by atoms with E-state index in [1.165, 1.54) is 19.3 Å². The van der Waals surface area contributed by atoms with E-state index in [-0.39, 0.29) is 12.0 Å². The van der Waals surface area contributed by atoms with Crippen LogP contribution in [-0.4, -0.2) is 18.1 Å². The summed E-state index contributed by atoms with van der Waals surface area (Å²) in [6.07, 6.45) is 5.66. The summed E-state index contributed by atoms with van der Waals surface area (Å²) >= 11 is 0. The highest BCUT2D eigenvalue weighted by Gasteiger charge is 2.24. The topological polar surface area (TPSA) is 64.3 Å². The normalized spacial score (nSPS) is 28.5. The Morgan fingerprint density at radius 3 is 2.93 bits per heavy atom. The molecule has 4 heteroatoms. The van der Waals surface area contributed by atoms with Crippen LogP contribution in [0.4, 0.5) is 0 Å². The largest absolute Gasteiger partial charge is 0.365 e. The maximum atomic E-state index is 11.2. The van der Waals surface area contributed by atoms with Crippen molar-refractivity contribution in [3.05, 3.63) is 0 Å². The highest BCUT2D eigenvalue weighted by Crippen LogP contribution is 2.28. The van der Waals surface area contributed by atoms with Gasteiger partial charge < -0.3 is 4.74 Å². The molecule has 1 rings (SSSR count). The molecule has 0 aliphatic heterocycles. The molecule has 3 unspecified atom stereocenters. The van der Waals surface area contributed by atoms with E-state index in [1.807, 2.05) is 0 Å². The number of hydrogen-bond acceptors (Lipinski definition) is 3. The second kappa shape index (κ2) is 6.08. The van der Waals surface area contributed by atoms with Gasteiger partial charge in [-0.1, -0.05) is 26.2 Å². The molecule has 0 aromatic carbocycles. The standard InChI is InChI=1S/C11H22N2O2/c1-3-9-5-4-6-10(7-9)15-8(2)11(14)13-12/h8-10H,3-7,12H2,1-2H3,(H,13,14). The number of nitrogens with two attached hydrogens (primary N) is 1. The van der Waals surface area contributed by atoms with E-state index in [9.17, 15) is 4.79 Å². The Labute approximate surface area is 91.5 Å². The predicted octanol–water partition coefficient (Wildman–Crippen LogP) is 1.35. The average Bonchev–Trinajstić information content (AvgIpc) is 2.28. The van der Waals surface area contributed by atoms with Gasteiger partial charge in [-0.15, -0.1) is 0 Å². The summed E-state index contributed by atoms with van der Waals surface area (Å²) in [5, 5.41) is 0. The van der Waals surface area contributed by atoms with Crippen LogP contribution in [0.2, 0.25) is 0 Å². The lowest BCUT2D eigenvalue weighted by Crippen LogP contribution is -2.41. The Morgan fingerprint density at radius 1 is 1.60 bits per heavy atom. The zero-order chi connectivity index (χ0) is 11.3. The van der Waals surface area contributed by atoms with Crippen LogP contribution in [0.25, 0.3) is 0 Å². The number of hydrogen-bond donors (Lipinski definition) is 2. The maximum absolute atomic E-state index is 11.2. The molecule has 3 N–H and O–H groups in total. The van der Waals surface area contributed by atoms with E-state index in [0.717, 1.165) is 18.8 Å². The van der Waals surface area contributed by atoms with Crippen molar-refractivity contribution >= 4 is 5.91 Å². The molecule has 0 heterocycles. The van der Waals surface area contributed by atoms with Crippen LogP contribution in [0.15, 0.2) is 0 Å². The predicted molar refractivity (Wildman–Crippen MR) is 58.9 cm³/mol. The van der Waals surface area contributed by atoms with Crippen LogP contribution in [0.1, 0.15) is 46.0 Å². The molecule has 0 aromatic rings. The lowest BCUT2D eigenvalue weighted by atomic mass is 9.85. The third kappa shape index (κ3) is 3.80. The lowest BCUT2D eigenvalue weighted by molar-refractivity contribution is -0.137. The van der Waals surface area contributed by atoms with Gasteiger partial charge in [0.1, 0.15) is 6.10 Å². The van der Waals surface area contributed by atoms with Gasteiger partial charge in [0, 0.05) is 0 Å². The van der Waals surface area contributed by atoms with Crippen molar-refractivity contribution in [2.75, 3.05) is 0 Å². The Bertz CT molecular complexity index is 209. The SMILES string of the molecule is CCC1CCCC(OC(C)C(=O)NN)C1. The minimum absolute atomic E-state index is 0.232. The van der Waals surface area contributed by atoms with Crippen molar-refractivity contribution in [1.29, 1.82) is 0 Å². The first kappa shape index (κ1) is 12.5. The van der Waals surface area contributed by atoms with Gasteiger partial charge in [-0.2, -0.15) is 0 Å². The monoisotopic (exact) mass is 214 g/mol. The molecule has 3 atom stereocenters. The Balaban J connectivity index is 2.34. The maximum Gasteiger partial charge on any atom is 0.262 e. The van der Waals surface area contributed by atoms with Crippen LogP contribution < -0.4 is 11.3 Å². The molecule has 1 aliphatic rings. The van der Waals surface area contributed by atoms with Gasteiger partial charge in [-0.3, -0.25) is 10.2 Å². The van der Waals surface area contributed by atoms with Crippen molar-refractivity contribution in [1.82, 2.24) is 5.43 Å². The molecule has 1 saturated carbocycles. The first-order valence-electron chi connectivity index (χ1n) is 5.83. The van der Waals surface area contributed by atoms with Crippen LogP contribution in [0, 0.1) is 5.92 Å². The van der Waals surface area contributed by atoms with E-state index in [0.29, 0.717) is 0 Å². The van der Waals surface area contributed by atoms with Gasteiger partial charge in [0.15, 0.2) is 0 Å². The Kier molecular flexibility index (Phi) is 5.05. The lowest BCUT2D eigenvalue weighted by Gasteiger charge is -2.30. The molecule has 15 heavy (non-hydrogen) atoms. The van der Waals surface area contributed by atoms with Crippen LogP contribution in [-0.2, 0) is 9.53 Å². The minimum Gasteiger partial charge on any atom is -0.365 e. The van der Waals surface area contributed by atoms with Crippen molar-refractivity contribution in [2.24, 2.45) is 11.8 Å². The molecule has 88 valence electrons. The highest BCUT2D eigenvalue weighted by molar-refractivity contribution is 5.79. The van der Waals surface area contributed by atoms with E-state index in [2.05, 4.69) is 12.3 Å². The van der Waals surface area contributed by atoms with Gasteiger partial charge in [-0.25, -0.2) is 5.84 Å². The molecule has 1 aliphatic carbocycles. The molecule has 1 fully saturated rings. The molecular weight excluding hydrogens is 192 g/mol. The number of ether oxygens (including phenoxy) is 1. The Hall–Kier alpha value is -0.610. The fourth-order valence-electron chi connectivity index (χ4n) is 2.20. The molecule has 0 radical (unpaired) electrons. The molecular formula is C11H22N2O2. The molecule has 4 nitrogen and oxygen atoms in total. The number of nitrogens with one attached hydrogen (secondary N) is 1. The van der Waals surface area contributed by atoms with Gasteiger partial charge in [-0.05, 0) is 25.7 Å². The molecule has 0 spiro atoms. The zero-order valence-electron chi connectivity index (χ0n) is 9.66. The van der Waals surface area contributed by atoms with Crippen molar-refractivity contribution < 1.29 is 9.53 Å². The fraction of sp³-hybridized carbons (Fsp3) is 0.909. The first-order valence-corrected chi connectivity index (χ1v) is 5.83. The van der Waals surface area contributed by atoms with Crippen molar-refractivity contribution in [3.63, 3.8) is 0 Å². The van der Waals surface area contributed by atoms with E-state index in [1.54, 1.807) is 6.92 Å². The minimum atomic E-state index is -0.435. The summed E-state index contributed by atoms with van der Waals surface area (Å²) in [6.45, 7) is 3.96. The summed E-state index contributed by atoms with van der Waals surface area (Å²) in [4.78, 5) is 11.2. The fourth-order valence-corrected chi connectivity index (χ4v) is 2.20. The van der Waals surface area contributed by atoms with Crippen molar-refractivity contribution in [2.45, 2.75) is 58.2 Å². The van der Waals surface area contributed by atoms with E-state index >= 15 is 0 Å². The van der Waals surface area contributed by atoms with Crippen LogP contribution in [0.3, 0.4) is 0 Å². The number of rotatable bonds is 4. The van der Waals surface area contributed by atoms with E-state index in [4.69, 9.17) is 10.6 Å². The zero-order valence-corrected chi connectivity index (χ0v) is 9.66. The first-order chi connectivity index (χ1) is 7.17. The number of carbonyl (C=O) groups excluding carboxylic acids is 1. The molecule has 1 amide bonds. The number of hydrazine groups is 1. The van der Waals surface area contributed by atoms with E-state index < -0.39 is 6.10 Å². The molecule has 0 bridgehead atoms.